The van der Waals surface area contributed by atoms with Gasteiger partial charge in [0, 0.05) is 17.5 Å². The van der Waals surface area contributed by atoms with Crippen LogP contribution in [0.3, 0.4) is 0 Å². The van der Waals surface area contributed by atoms with Crippen LogP contribution in [0.1, 0.15) is 16.1 Å². The van der Waals surface area contributed by atoms with Crippen molar-refractivity contribution in [3.8, 4) is 5.69 Å². The van der Waals surface area contributed by atoms with E-state index in [0.717, 1.165) is 12.0 Å². The van der Waals surface area contributed by atoms with Crippen LogP contribution in [-0.2, 0) is 0 Å². The Hall–Kier alpha value is -2.10. The van der Waals surface area contributed by atoms with Crippen LogP contribution in [0.15, 0.2) is 35.3 Å². The van der Waals surface area contributed by atoms with Gasteiger partial charge in [-0.15, -0.1) is 0 Å². The van der Waals surface area contributed by atoms with Crippen LogP contribution in [0.4, 0.5) is 0 Å². The zero-order chi connectivity index (χ0) is 10.8. The zero-order valence-corrected chi connectivity index (χ0v) is 8.23. The van der Waals surface area contributed by atoms with Gasteiger partial charge in [0.25, 0.3) is 0 Å². The molecule has 2 rings (SSSR count). The SMILES string of the molecule is Cc1c[nH]c(=O)n1-c1cccc(C=O)c1. The number of aromatic nitrogens is 2. The van der Waals surface area contributed by atoms with E-state index in [1.807, 2.05) is 6.92 Å². The van der Waals surface area contributed by atoms with Crippen LogP contribution in [0, 0.1) is 6.92 Å². The Kier molecular flexibility index (Phi) is 2.25. The van der Waals surface area contributed by atoms with E-state index in [2.05, 4.69) is 4.98 Å². The lowest BCUT2D eigenvalue weighted by Gasteiger charge is -2.03. The van der Waals surface area contributed by atoms with Crippen molar-refractivity contribution in [2.45, 2.75) is 6.92 Å². The first kappa shape index (κ1) is 9.45. The number of H-pyrrole nitrogens is 1. The number of nitrogens with one attached hydrogen (secondary N) is 1. The average Bonchev–Trinajstić information content (AvgIpc) is 2.59. The van der Waals surface area contributed by atoms with Gasteiger partial charge in [-0.25, -0.2) is 4.79 Å². The standard InChI is InChI=1S/C11H10N2O2/c1-8-6-12-11(15)13(8)10-4-2-3-9(5-10)7-14/h2-7H,1H3,(H,12,15). The Labute approximate surface area is 86.2 Å². The minimum atomic E-state index is -0.199. The number of hydrogen-bond donors (Lipinski definition) is 1. The number of aryl methyl sites for hydroxylation is 1. The molecule has 1 N–H and O–H groups in total. The highest BCUT2D eigenvalue weighted by molar-refractivity contribution is 5.75. The van der Waals surface area contributed by atoms with Gasteiger partial charge in [0.1, 0.15) is 6.29 Å². The molecule has 0 atom stereocenters. The van der Waals surface area contributed by atoms with E-state index in [-0.39, 0.29) is 5.69 Å². The molecule has 15 heavy (non-hydrogen) atoms. The number of hydrogen-bond acceptors (Lipinski definition) is 2. The molecular weight excluding hydrogens is 192 g/mol. The third-order valence-electron chi connectivity index (χ3n) is 2.22. The molecule has 0 saturated carbocycles. The highest BCUT2D eigenvalue weighted by Gasteiger charge is 2.04. The van der Waals surface area contributed by atoms with Gasteiger partial charge >= 0.3 is 5.69 Å². The molecule has 0 unspecified atom stereocenters. The maximum absolute atomic E-state index is 11.5. The van der Waals surface area contributed by atoms with E-state index >= 15 is 0 Å². The molecule has 0 fully saturated rings. The summed E-state index contributed by atoms with van der Waals surface area (Å²) < 4.78 is 1.52. The highest BCUT2D eigenvalue weighted by Crippen LogP contribution is 2.09. The largest absolute Gasteiger partial charge is 0.330 e. The summed E-state index contributed by atoms with van der Waals surface area (Å²) in [4.78, 5) is 24.7. The van der Waals surface area contributed by atoms with E-state index in [4.69, 9.17) is 0 Å². The minimum absolute atomic E-state index is 0.199. The number of aromatic amines is 1. The van der Waals surface area contributed by atoms with E-state index in [1.54, 1.807) is 30.5 Å². The Balaban J connectivity index is 2.63. The lowest BCUT2D eigenvalue weighted by molar-refractivity contribution is 0.112. The molecule has 76 valence electrons. The molecule has 0 aliphatic rings. The molecule has 0 aliphatic carbocycles. The van der Waals surface area contributed by atoms with E-state index in [0.29, 0.717) is 11.3 Å². The van der Waals surface area contributed by atoms with Crippen molar-refractivity contribution < 1.29 is 4.79 Å². The molecule has 0 spiro atoms. The van der Waals surface area contributed by atoms with Crippen LogP contribution >= 0.6 is 0 Å². The lowest BCUT2D eigenvalue weighted by atomic mass is 10.2. The fourth-order valence-electron chi connectivity index (χ4n) is 1.51. The number of rotatable bonds is 2. The van der Waals surface area contributed by atoms with Crippen LogP contribution in [0.25, 0.3) is 5.69 Å². The summed E-state index contributed by atoms with van der Waals surface area (Å²) >= 11 is 0. The summed E-state index contributed by atoms with van der Waals surface area (Å²) in [6.07, 6.45) is 2.40. The zero-order valence-electron chi connectivity index (χ0n) is 8.23. The molecule has 0 radical (unpaired) electrons. The average molecular weight is 202 g/mol. The molecule has 0 bridgehead atoms. The molecule has 0 saturated heterocycles. The molecule has 4 heteroatoms. The van der Waals surface area contributed by atoms with Gasteiger partial charge in [-0.05, 0) is 19.1 Å². The Morgan fingerprint density at radius 3 is 2.80 bits per heavy atom. The normalized spacial score (nSPS) is 10.2. The van der Waals surface area contributed by atoms with Crippen molar-refractivity contribution in [1.82, 2.24) is 9.55 Å². The molecular formula is C11H10N2O2. The summed E-state index contributed by atoms with van der Waals surface area (Å²) in [5, 5.41) is 0. The second kappa shape index (κ2) is 3.57. The molecule has 1 aromatic carbocycles. The van der Waals surface area contributed by atoms with Crippen molar-refractivity contribution in [2.24, 2.45) is 0 Å². The first-order valence-corrected chi connectivity index (χ1v) is 4.55. The van der Waals surface area contributed by atoms with Crippen molar-refractivity contribution in [3.05, 3.63) is 52.2 Å². The van der Waals surface area contributed by atoms with Crippen LogP contribution in [0.5, 0.6) is 0 Å². The van der Waals surface area contributed by atoms with Crippen LogP contribution in [0.2, 0.25) is 0 Å². The predicted molar refractivity (Wildman–Crippen MR) is 56.5 cm³/mol. The van der Waals surface area contributed by atoms with E-state index in [9.17, 15) is 9.59 Å². The summed E-state index contributed by atoms with van der Waals surface area (Å²) in [6.45, 7) is 1.82. The minimum Gasteiger partial charge on any atom is -0.312 e. The molecule has 0 amide bonds. The van der Waals surface area contributed by atoms with Crippen molar-refractivity contribution in [1.29, 1.82) is 0 Å². The number of nitrogens with zero attached hydrogens (tertiary/aromatic N) is 1. The van der Waals surface area contributed by atoms with Crippen molar-refractivity contribution in [3.63, 3.8) is 0 Å². The topological polar surface area (TPSA) is 54.9 Å². The Morgan fingerprint density at radius 2 is 2.20 bits per heavy atom. The maximum atomic E-state index is 11.5. The predicted octanol–water partition coefficient (Wildman–Crippen LogP) is 1.29. The second-order valence-corrected chi connectivity index (χ2v) is 3.28. The molecule has 1 aromatic heterocycles. The second-order valence-electron chi connectivity index (χ2n) is 3.28. The maximum Gasteiger partial charge on any atom is 0.330 e. The van der Waals surface area contributed by atoms with Gasteiger partial charge in [0.2, 0.25) is 0 Å². The fraction of sp³-hybridized carbons (Fsp3) is 0.0909. The summed E-state index contributed by atoms with van der Waals surface area (Å²) in [6, 6.07) is 6.91. The van der Waals surface area contributed by atoms with Gasteiger partial charge in [-0.1, -0.05) is 12.1 Å². The summed E-state index contributed by atoms with van der Waals surface area (Å²) in [5.74, 6) is 0. The van der Waals surface area contributed by atoms with Gasteiger partial charge < -0.3 is 4.98 Å². The van der Waals surface area contributed by atoms with Gasteiger partial charge in [-0.2, -0.15) is 0 Å². The van der Waals surface area contributed by atoms with Crippen LogP contribution < -0.4 is 5.69 Å². The Bertz CT molecular complexity index is 552. The number of benzene rings is 1. The first-order chi connectivity index (χ1) is 7.22. The number of imidazole rings is 1. The molecule has 1 heterocycles. The molecule has 2 aromatic rings. The van der Waals surface area contributed by atoms with Gasteiger partial charge in [0.15, 0.2) is 0 Å². The summed E-state index contributed by atoms with van der Waals surface area (Å²) in [5.41, 5.74) is 1.86. The number of carbonyl (C=O) groups excluding carboxylic acids is 1. The lowest BCUT2D eigenvalue weighted by Crippen LogP contribution is -2.15. The smallest absolute Gasteiger partial charge is 0.312 e. The van der Waals surface area contributed by atoms with Gasteiger partial charge in [-0.3, -0.25) is 9.36 Å². The van der Waals surface area contributed by atoms with Crippen LogP contribution in [-0.4, -0.2) is 15.8 Å². The quantitative estimate of drug-likeness (QED) is 0.746. The molecule has 0 aliphatic heterocycles. The number of aldehydes is 1. The first-order valence-electron chi connectivity index (χ1n) is 4.55. The summed E-state index contributed by atoms with van der Waals surface area (Å²) in [7, 11) is 0. The highest BCUT2D eigenvalue weighted by atomic mass is 16.1. The Morgan fingerprint density at radius 1 is 1.40 bits per heavy atom. The third-order valence-corrected chi connectivity index (χ3v) is 2.22. The third kappa shape index (κ3) is 1.61. The fourth-order valence-corrected chi connectivity index (χ4v) is 1.51. The number of carbonyl (C=O) groups is 1. The van der Waals surface area contributed by atoms with Gasteiger partial charge in [0.05, 0.1) is 5.69 Å². The van der Waals surface area contributed by atoms with Crippen molar-refractivity contribution in [2.75, 3.05) is 0 Å². The van der Waals surface area contributed by atoms with Crippen molar-refractivity contribution >= 4 is 6.29 Å². The molecule has 4 nitrogen and oxygen atoms in total. The monoisotopic (exact) mass is 202 g/mol. The van der Waals surface area contributed by atoms with E-state index in [1.165, 1.54) is 4.57 Å². The van der Waals surface area contributed by atoms with E-state index < -0.39 is 0 Å².